The van der Waals surface area contributed by atoms with Gasteiger partial charge in [-0.15, -0.1) is 0 Å². The summed E-state index contributed by atoms with van der Waals surface area (Å²) in [6.07, 6.45) is 3.79. The summed E-state index contributed by atoms with van der Waals surface area (Å²) >= 11 is 3.51. The van der Waals surface area contributed by atoms with Crippen molar-refractivity contribution >= 4 is 21.6 Å². The van der Waals surface area contributed by atoms with Gasteiger partial charge in [0.05, 0.1) is 6.17 Å². The molecular formula is C11H13BrN2. The molecule has 2 unspecified atom stereocenters. The van der Waals surface area contributed by atoms with Crippen molar-refractivity contribution in [1.82, 2.24) is 0 Å². The number of anilines is 1. The smallest absolute Gasteiger partial charge is 0.0775 e. The maximum Gasteiger partial charge on any atom is 0.0775 e. The average molecular weight is 253 g/mol. The molecule has 2 atom stereocenters. The largest absolute Gasteiger partial charge is 0.353 e. The minimum absolute atomic E-state index is 0.238. The maximum absolute atomic E-state index is 6.09. The maximum atomic E-state index is 6.09. The molecule has 0 bridgehead atoms. The number of rotatable bonds is 0. The third-order valence-electron chi connectivity index (χ3n) is 3.32. The van der Waals surface area contributed by atoms with E-state index in [9.17, 15) is 0 Å². The number of halogens is 1. The Hall–Kier alpha value is -0.540. The minimum Gasteiger partial charge on any atom is -0.353 e. The van der Waals surface area contributed by atoms with Crippen LogP contribution in [0.5, 0.6) is 0 Å². The van der Waals surface area contributed by atoms with Crippen LogP contribution in [0, 0.1) is 0 Å². The molecule has 0 spiro atoms. The Morgan fingerprint density at radius 1 is 1.36 bits per heavy atom. The molecule has 0 aliphatic carbocycles. The van der Waals surface area contributed by atoms with Gasteiger partial charge in [-0.1, -0.05) is 15.9 Å². The van der Waals surface area contributed by atoms with Crippen LogP contribution >= 0.6 is 15.9 Å². The topological polar surface area (TPSA) is 29.3 Å². The third-order valence-corrected chi connectivity index (χ3v) is 3.81. The van der Waals surface area contributed by atoms with Crippen LogP contribution in [0.15, 0.2) is 22.7 Å². The predicted octanol–water partition coefficient (Wildman–Crippen LogP) is 2.26. The van der Waals surface area contributed by atoms with E-state index in [0.717, 1.165) is 6.42 Å². The molecule has 2 heterocycles. The second-order valence-corrected chi connectivity index (χ2v) is 5.10. The van der Waals surface area contributed by atoms with Crippen molar-refractivity contribution in [2.45, 2.75) is 31.5 Å². The van der Waals surface area contributed by atoms with E-state index >= 15 is 0 Å². The number of nitrogens with two attached hydrogens (primary N) is 1. The number of nitrogens with zero attached hydrogens (tertiary/aromatic N) is 1. The third kappa shape index (κ3) is 1.12. The van der Waals surface area contributed by atoms with E-state index in [1.807, 2.05) is 0 Å². The molecule has 3 heteroatoms. The molecule has 2 aliphatic heterocycles. The zero-order valence-corrected chi connectivity index (χ0v) is 9.50. The summed E-state index contributed by atoms with van der Waals surface area (Å²) in [4.78, 5) is 2.39. The van der Waals surface area contributed by atoms with E-state index in [4.69, 9.17) is 5.73 Å². The fourth-order valence-corrected chi connectivity index (χ4v) is 3.12. The second-order valence-electron chi connectivity index (χ2n) is 4.18. The van der Waals surface area contributed by atoms with E-state index in [1.165, 1.54) is 28.6 Å². The van der Waals surface area contributed by atoms with Gasteiger partial charge in [0.2, 0.25) is 0 Å². The van der Waals surface area contributed by atoms with Gasteiger partial charge < -0.3 is 10.6 Å². The molecule has 74 valence electrons. The van der Waals surface area contributed by atoms with Crippen molar-refractivity contribution in [2.75, 3.05) is 4.90 Å². The van der Waals surface area contributed by atoms with Crippen LogP contribution in [0.4, 0.5) is 5.69 Å². The molecule has 1 aromatic rings. The Bertz CT molecular complexity index is 378. The molecule has 1 saturated heterocycles. The Morgan fingerprint density at radius 3 is 3.07 bits per heavy atom. The molecule has 1 fully saturated rings. The second kappa shape index (κ2) is 2.97. The van der Waals surface area contributed by atoms with Crippen LogP contribution in [0.3, 0.4) is 0 Å². The summed E-state index contributed by atoms with van der Waals surface area (Å²) in [7, 11) is 0. The molecule has 2 N–H and O–H groups in total. The fourth-order valence-electron chi connectivity index (χ4n) is 2.71. The van der Waals surface area contributed by atoms with Gasteiger partial charge in [-0.25, -0.2) is 0 Å². The van der Waals surface area contributed by atoms with Crippen molar-refractivity contribution in [3.63, 3.8) is 0 Å². The molecule has 0 saturated carbocycles. The number of hydrogen-bond donors (Lipinski definition) is 1. The fraction of sp³-hybridized carbons (Fsp3) is 0.455. The lowest BCUT2D eigenvalue weighted by Crippen LogP contribution is -2.38. The molecular weight excluding hydrogens is 240 g/mol. The van der Waals surface area contributed by atoms with E-state index < -0.39 is 0 Å². The molecule has 3 rings (SSSR count). The van der Waals surface area contributed by atoms with Gasteiger partial charge in [0.25, 0.3) is 0 Å². The molecule has 2 nitrogen and oxygen atoms in total. The van der Waals surface area contributed by atoms with Crippen molar-refractivity contribution in [3.8, 4) is 0 Å². The summed E-state index contributed by atoms with van der Waals surface area (Å²) in [6.45, 7) is 0. The number of hydrogen-bond acceptors (Lipinski definition) is 2. The van der Waals surface area contributed by atoms with Gasteiger partial charge in [0, 0.05) is 16.2 Å². The van der Waals surface area contributed by atoms with E-state index in [2.05, 4.69) is 39.0 Å². The standard InChI is InChI=1S/C11H13BrN2/c12-8-1-3-10-7(5-8)6-9-2-4-11(13)14(9)10/h1,3,5,9,11H,2,4,6,13H2. The quantitative estimate of drug-likeness (QED) is 0.768. The van der Waals surface area contributed by atoms with E-state index in [1.54, 1.807) is 0 Å². The van der Waals surface area contributed by atoms with Crippen LogP contribution < -0.4 is 10.6 Å². The number of fused-ring (bicyclic) bond motifs is 3. The van der Waals surface area contributed by atoms with Crippen molar-refractivity contribution in [2.24, 2.45) is 5.73 Å². The van der Waals surface area contributed by atoms with Gasteiger partial charge >= 0.3 is 0 Å². The van der Waals surface area contributed by atoms with Gasteiger partial charge in [-0.05, 0) is 43.0 Å². The van der Waals surface area contributed by atoms with Gasteiger partial charge in [-0.2, -0.15) is 0 Å². The Kier molecular flexibility index (Phi) is 1.86. The first kappa shape index (κ1) is 8.74. The molecule has 1 aromatic carbocycles. The summed E-state index contributed by atoms with van der Waals surface area (Å²) in [6, 6.07) is 7.17. The number of benzene rings is 1. The lowest BCUT2D eigenvalue weighted by atomic mass is 10.1. The van der Waals surface area contributed by atoms with E-state index in [0.29, 0.717) is 6.04 Å². The highest BCUT2D eigenvalue weighted by atomic mass is 79.9. The van der Waals surface area contributed by atoms with Crippen LogP contribution in [0.25, 0.3) is 0 Å². The summed E-state index contributed by atoms with van der Waals surface area (Å²) < 4.78 is 1.17. The monoisotopic (exact) mass is 252 g/mol. The Labute approximate surface area is 92.2 Å². The van der Waals surface area contributed by atoms with Crippen molar-refractivity contribution in [1.29, 1.82) is 0 Å². The zero-order valence-electron chi connectivity index (χ0n) is 7.91. The molecule has 2 aliphatic rings. The van der Waals surface area contributed by atoms with Crippen LogP contribution in [0.2, 0.25) is 0 Å². The first-order valence-corrected chi connectivity index (χ1v) is 5.87. The average Bonchev–Trinajstić information content (AvgIpc) is 2.66. The molecule has 0 aromatic heterocycles. The highest BCUT2D eigenvalue weighted by molar-refractivity contribution is 9.10. The summed E-state index contributed by atoms with van der Waals surface area (Å²) in [5, 5.41) is 0. The normalized spacial score (nSPS) is 29.1. The zero-order chi connectivity index (χ0) is 9.71. The van der Waals surface area contributed by atoms with Crippen molar-refractivity contribution in [3.05, 3.63) is 28.2 Å². The first-order valence-electron chi connectivity index (χ1n) is 5.08. The first-order chi connectivity index (χ1) is 6.75. The summed E-state index contributed by atoms with van der Waals surface area (Å²) in [5.74, 6) is 0. The lowest BCUT2D eigenvalue weighted by Gasteiger charge is -2.24. The Morgan fingerprint density at radius 2 is 2.21 bits per heavy atom. The highest BCUT2D eigenvalue weighted by Gasteiger charge is 2.37. The van der Waals surface area contributed by atoms with Gasteiger partial charge in [-0.3, -0.25) is 0 Å². The van der Waals surface area contributed by atoms with Gasteiger partial charge in [0.15, 0.2) is 0 Å². The Balaban J connectivity index is 2.07. The van der Waals surface area contributed by atoms with Crippen LogP contribution in [-0.4, -0.2) is 12.2 Å². The predicted molar refractivity (Wildman–Crippen MR) is 61.3 cm³/mol. The summed E-state index contributed by atoms with van der Waals surface area (Å²) in [5.41, 5.74) is 8.88. The van der Waals surface area contributed by atoms with E-state index in [-0.39, 0.29) is 6.17 Å². The molecule has 0 radical (unpaired) electrons. The molecule has 0 amide bonds. The van der Waals surface area contributed by atoms with Crippen LogP contribution in [-0.2, 0) is 6.42 Å². The highest BCUT2D eigenvalue weighted by Crippen LogP contribution is 2.40. The lowest BCUT2D eigenvalue weighted by molar-refractivity contribution is 0.674. The minimum atomic E-state index is 0.238. The SMILES string of the molecule is NC1CCC2Cc3cc(Br)ccc3N12. The van der Waals surface area contributed by atoms with Crippen LogP contribution in [0.1, 0.15) is 18.4 Å². The molecule has 14 heavy (non-hydrogen) atoms. The van der Waals surface area contributed by atoms with Crippen molar-refractivity contribution < 1.29 is 0 Å². The van der Waals surface area contributed by atoms with Gasteiger partial charge in [0.1, 0.15) is 0 Å².